The maximum absolute atomic E-state index is 9.67. The molecule has 104 valence electrons. The van der Waals surface area contributed by atoms with Gasteiger partial charge in [0.05, 0.1) is 19.8 Å². The van der Waals surface area contributed by atoms with E-state index in [1.165, 1.54) is 0 Å². The van der Waals surface area contributed by atoms with Gasteiger partial charge in [-0.05, 0) is 5.56 Å². The third-order valence-electron chi connectivity index (χ3n) is 3.65. The van der Waals surface area contributed by atoms with Crippen LogP contribution in [0, 0.1) is 0 Å². The van der Waals surface area contributed by atoms with Crippen LogP contribution >= 0.6 is 0 Å². The number of benzene rings is 1. The van der Waals surface area contributed by atoms with E-state index in [1.807, 2.05) is 30.3 Å². The van der Waals surface area contributed by atoms with Crippen LogP contribution in [0.15, 0.2) is 30.3 Å². The van der Waals surface area contributed by atoms with Crippen LogP contribution in [0.5, 0.6) is 0 Å². The van der Waals surface area contributed by atoms with E-state index in [4.69, 9.17) is 19.3 Å². The average Bonchev–Trinajstić information content (AvgIpc) is 3.02. The summed E-state index contributed by atoms with van der Waals surface area (Å²) in [5.41, 5.74) is 1.09. The largest absolute Gasteiger partial charge is 0.394 e. The second kappa shape index (κ2) is 5.56. The number of hydrogen-bond donors (Lipinski definition) is 2. The van der Waals surface area contributed by atoms with Crippen molar-refractivity contribution in [1.29, 1.82) is 0 Å². The number of fused-ring (bicyclic) bond motifs is 2. The second-order valence-corrected chi connectivity index (χ2v) is 4.95. The lowest BCUT2D eigenvalue weighted by atomic mass is 10.1. The molecule has 2 bridgehead atoms. The van der Waals surface area contributed by atoms with Crippen LogP contribution in [-0.4, -0.2) is 53.9 Å². The molecule has 2 fully saturated rings. The van der Waals surface area contributed by atoms with Gasteiger partial charge in [-0.3, -0.25) is 0 Å². The Morgan fingerprint density at radius 3 is 2.84 bits per heavy atom. The van der Waals surface area contributed by atoms with Gasteiger partial charge in [0.1, 0.15) is 30.5 Å². The highest BCUT2D eigenvalue weighted by atomic mass is 16.7. The van der Waals surface area contributed by atoms with Gasteiger partial charge in [0.15, 0.2) is 0 Å². The predicted molar refractivity (Wildman–Crippen MR) is 66.5 cm³/mol. The lowest BCUT2D eigenvalue weighted by Crippen LogP contribution is -2.42. The number of ether oxygens (including phenoxy) is 3. The molecular weight excluding hydrogens is 248 g/mol. The first-order valence-electron chi connectivity index (χ1n) is 6.51. The van der Waals surface area contributed by atoms with Crippen LogP contribution in [0.1, 0.15) is 5.56 Å². The van der Waals surface area contributed by atoms with Crippen LogP contribution in [0.3, 0.4) is 0 Å². The van der Waals surface area contributed by atoms with Crippen LogP contribution in [-0.2, 0) is 20.8 Å². The van der Waals surface area contributed by atoms with E-state index in [1.54, 1.807) is 0 Å². The lowest BCUT2D eigenvalue weighted by Gasteiger charge is -2.25. The minimum absolute atomic E-state index is 0.153. The molecule has 0 radical (unpaired) electrons. The molecule has 1 aromatic carbocycles. The minimum Gasteiger partial charge on any atom is -0.394 e. The highest BCUT2D eigenvalue weighted by Crippen LogP contribution is 2.35. The summed E-state index contributed by atoms with van der Waals surface area (Å²) in [5.74, 6) is 0. The molecule has 0 aromatic heterocycles. The summed E-state index contributed by atoms with van der Waals surface area (Å²) in [6.45, 7) is 0.647. The molecule has 2 aliphatic heterocycles. The summed E-state index contributed by atoms with van der Waals surface area (Å²) in [7, 11) is 0. The molecular formula is C14H18O5. The Morgan fingerprint density at radius 1 is 1.32 bits per heavy atom. The molecule has 0 unspecified atom stereocenters. The zero-order valence-electron chi connectivity index (χ0n) is 10.5. The van der Waals surface area contributed by atoms with Crippen molar-refractivity contribution in [2.75, 3.05) is 13.2 Å². The number of aliphatic hydroxyl groups excluding tert-OH is 2. The minimum atomic E-state index is -0.918. The van der Waals surface area contributed by atoms with Gasteiger partial charge in [0, 0.05) is 0 Å². The van der Waals surface area contributed by atoms with E-state index in [-0.39, 0.29) is 24.9 Å². The fraction of sp³-hybridized carbons (Fsp3) is 0.571. The number of aliphatic hydroxyl groups is 2. The first-order chi connectivity index (χ1) is 9.29. The SMILES string of the molecule is OC[C@@H](O)[C@H]1O[C@H]2CO[C@@H]1[C@H]2OCc1ccccc1. The highest BCUT2D eigenvalue weighted by Gasteiger charge is 2.53. The molecule has 1 aromatic rings. The summed E-state index contributed by atoms with van der Waals surface area (Å²) in [4.78, 5) is 0. The van der Waals surface area contributed by atoms with Gasteiger partial charge in [-0.25, -0.2) is 0 Å². The summed E-state index contributed by atoms with van der Waals surface area (Å²) in [6, 6.07) is 9.89. The van der Waals surface area contributed by atoms with Crippen molar-refractivity contribution in [3.8, 4) is 0 Å². The standard InChI is InChI=1S/C14H18O5/c15-6-10(16)12-14-13(11(19-12)8-18-14)17-7-9-4-2-1-3-5-9/h1-5,10-16H,6-8H2/t10-,11+,12-,13+,14+/m1/s1. The topological polar surface area (TPSA) is 68.2 Å². The van der Waals surface area contributed by atoms with Crippen molar-refractivity contribution in [3.63, 3.8) is 0 Å². The van der Waals surface area contributed by atoms with Crippen LogP contribution < -0.4 is 0 Å². The summed E-state index contributed by atoms with van der Waals surface area (Å²) < 4.78 is 17.1. The van der Waals surface area contributed by atoms with Gasteiger partial charge < -0.3 is 24.4 Å². The molecule has 2 saturated heterocycles. The van der Waals surface area contributed by atoms with Crippen molar-refractivity contribution in [2.24, 2.45) is 0 Å². The van der Waals surface area contributed by atoms with E-state index in [9.17, 15) is 5.11 Å². The second-order valence-electron chi connectivity index (χ2n) is 4.95. The van der Waals surface area contributed by atoms with E-state index < -0.39 is 12.2 Å². The maximum Gasteiger partial charge on any atom is 0.115 e. The number of rotatable bonds is 5. The number of hydrogen-bond acceptors (Lipinski definition) is 5. The Kier molecular flexibility index (Phi) is 3.81. The predicted octanol–water partition coefficient (Wildman–Crippen LogP) is 0.0912. The Labute approximate surface area is 111 Å². The van der Waals surface area contributed by atoms with Crippen LogP contribution in [0.25, 0.3) is 0 Å². The third-order valence-corrected chi connectivity index (χ3v) is 3.65. The Balaban J connectivity index is 1.60. The molecule has 2 heterocycles. The Hall–Kier alpha value is -0.980. The van der Waals surface area contributed by atoms with E-state index in [2.05, 4.69) is 0 Å². The average molecular weight is 266 g/mol. The molecule has 0 saturated carbocycles. The fourth-order valence-electron chi connectivity index (χ4n) is 2.67. The maximum atomic E-state index is 9.67. The van der Waals surface area contributed by atoms with Gasteiger partial charge in [0.2, 0.25) is 0 Å². The van der Waals surface area contributed by atoms with Gasteiger partial charge >= 0.3 is 0 Å². The van der Waals surface area contributed by atoms with Crippen molar-refractivity contribution < 1.29 is 24.4 Å². The van der Waals surface area contributed by atoms with Crippen LogP contribution in [0.2, 0.25) is 0 Å². The lowest BCUT2D eigenvalue weighted by molar-refractivity contribution is -0.143. The molecule has 3 rings (SSSR count). The van der Waals surface area contributed by atoms with Crippen molar-refractivity contribution in [1.82, 2.24) is 0 Å². The van der Waals surface area contributed by atoms with Gasteiger partial charge in [-0.2, -0.15) is 0 Å². The molecule has 0 amide bonds. The first-order valence-corrected chi connectivity index (χ1v) is 6.51. The zero-order valence-corrected chi connectivity index (χ0v) is 10.5. The molecule has 0 spiro atoms. The molecule has 5 heteroatoms. The molecule has 2 N–H and O–H groups in total. The highest BCUT2D eigenvalue weighted by molar-refractivity contribution is 5.13. The van der Waals surface area contributed by atoms with Crippen molar-refractivity contribution in [2.45, 2.75) is 37.1 Å². The van der Waals surface area contributed by atoms with Gasteiger partial charge in [0.25, 0.3) is 0 Å². The normalized spacial score (nSPS) is 34.6. The quantitative estimate of drug-likeness (QED) is 0.790. The van der Waals surface area contributed by atoms with Gasteiger partial charge in [-0.1, -0.05) is 30.3 Å². The molecule has 5 atom stereocenters. The van der Waals surface area contributed by atoms with Gasteiger partial charge in [-0.15, -0.1) is 0 Å². The smallest absolute Gasteiger partial charge is 0.115 e. The molecule has 0 aliphatic carbocycles. The fourth-order valence-corrected chi connectivity index (χ4v) is 2.67. The summed E-state index contributed by atoms with van der Waals surface area (Å²) in [6.07, 6.45) is -2.04. The van der Waals surface area contributed by atoms with Crippen molar-refractivity contribution >= 4 is 0 Å². The van der Waals surface area contributed by atoms with E-state index >= 15 is 0 Å². The summed E-state index contributed by atoms with van der Waals surface area (Å²) >= 11 is 0. The van der Waals surface area contributed by atoms with Crippen LogP contribution in [0.4, 0.5) is 0 Å². The molecule has 5 nitrogen and oxygen atoms in total. The first kappa shape index (κ1) is 13.0. The third kappa shape index (κ3) is 2.52. The summed E-state index contributed by atoms with van der Waals surface area (Å²) in [5, 5.41) is 18.7. The van der Waals surface area contributed by atoms with E-state index in [0.29, 0.717) is 13.2 Å². The Bertz CT molecular complexity index is 410. The zero-order chi connectivity index (χ0) is 13.2. The molecule has 19 heavy (non-hydrogen) atoms. The van der Waals surface area contributed by atoms with E-state index in [0.717, 1.165) is 5.56 Å². The monoisotopic (exact) mass is 266 g/mol. The molecule has 2 aliphatic rings. The Morgan fingerprint density at radius 2 is 2.11 bits per heavy atom. The van der Waals surface area contributed by atoms with Crippen molar-refractivity contribution in [3.05, 3.63) is 35.9 Å².